The Kier molecular flexibility index (Phi) is 5.05. The first-order chi connectivity index (χ1) is 7.15. The smallest absolute Gasteiger partial charge is 0.224 e. The zero-order valence-corrected chi connectivity index (χ0v) is 9.74. The van der Waals surface area contributed by atoms with E-state index in [1.165, 1.54) is 0 Å². The first kappa shape index (κ1) is 12.5. The Bertz CT molecular complexity index is 203. The molecule has 0 bridgehead atoms. The van der Waals surface area contributed by atoms with Gasteiger partial charge < -0.3 is 15.4 Å². The molecule has 1 rings (SSSR count). The van der Waals surface area contributed by atoms with Crippen LogP contribution in [-0.2, 0) is 9.53 Å². The summed E-state index contributed by atoms with van der Waals surface area (Å²) >= 11 is 0. The van der Waals surface area contributed by atoms with Crippen molar-refractivity contribution in [3.8, 4) is 0 Å². The van der Waals surface area contributed by atoms with Gasteiger partial charge in [0.05, 0.1) is 0 Å². The molecule has 1 aliphatic rings. The molecule has 0 aromatic rings. The highest BCUT2D eigenvalue weighted by Crippen LogP contribution is 2.14. The van der Waals surface area contributed by atoms with Crippen molar-refractivity contribution < 1.29 is 9.53 Å². The van der Waals surface area contributed by atoms with Crippen LogP contribution >= 0.6 is 0 Å². The Hall–Kier alpha value is -0.610. The number of nitrogens with zero attached hydrogens (tertiary/aromatic N) is 1. The second-order valence-electron chi connectivity index (χ2n) is 4.22. The van der Waals surface area contributed by atoms with Gasteiger partial charge in [-0.2, -0.15) is 0 Å². The summed E-state index contributed by atoms with van der Waals surface area (Å²) in [5, 5.41) is 0. The van der Waals surface area contributed by atoms with Crippen molar-refractivity contribution in [1.82, 2.24) is 4.90 Å². The molecule has 1 unspecified atom stereocenters. The van der Waals surface area contributed by atoms with Gasteiger partial charge >= 0.3 is 0 Å². The van der Waals surface area contributed by atoms with Gasteiger partial charge in [0.15, 0.2) is 0 Å². The summed E-state index contributed by atoms with van der Waals surface area (Å²) in [4.78, 5) is 13.7. The molecule has 0 radical (unpaired) electrons. The van der Waals surface area contributed by atoms with Crippen LogP contribution in [0.2, 0.25) is 0 Å². The van der Waals surface area contributed by atoms with Crippen molar-refractivity contribution >= 4 is 5.91 Å². The topological polar surface area (TPSA) is 55.6 Å². The molecule has 0 saturated carbocycles. The minimum absolute atomic E-state index is 0.000194. The lowest BCUT2D eigenvalue weighted by molar-refractivity contribution is -0.134. The zero-order chi connectivity index (χ0) is 11.3. The maximum absolute atomic E-state index is 11.8. The number of carbonyl (C=O) groups is 1. The molecule has 1 fully saturated rings. The summed E-state index contributed by atoms with van der Waals surface area (Å²) in [6, 6.07) is 0.343. The zero-order valence-electron chi connectivity index (χ0n) is 9.74. The van der Waals surface area contributed by atoms with E-state index in [9.17, 15) is 4.79 Å². The Morgan fingerprint density at radius 2 is 2.13 bits per heavy atom. The van der Waals surface area contributed by atoms with E-state index in [4.69, 9.17) is 10.5 Å². The van der Waals surface area contributed by atoms with Crippen LogP contribution in [0.4, 0.5) is 0 Å². The molecular weight excluding hydrogens is 192 g/mol. The van der Waals surface area contributed by atoms with Crippen LogP contribution in [0.3, 0.4) is 0 Å². The van der Waals surface area contributed by atoms with Crippen LogP contribution in [0, 0.1) is 0 Å². The van der Waals surface area contributed by atoms with Crippen LogP contribution in [0.25, 0.3) is 0 Å². The number of nitrogens with two attached hydrogens (primary N) is 1. The van der Waals surface area contributed by atoms with Gasteiger partial charge in [0.1, 0.15) is 0 Å². The second-order valence-corrected chi connectivity index (χ2v) is 4.22. The van der Waals surface area contributed by atoms with Gasteiger partial charge in [-0.1, -0.05) is 6.92 Å². The summed E-state index contributed by atoms with van der Waals surface area (Å²) in [5.74, 6) is 0.163. The molecular formula is C11H22N2O2. The average Bonchev–Trinajstić information content (AvgIpc) is 2.29. The van der Waals surface area contributed by atoms with E-state index in [0.717, 1.165) is 32.5 Å². The highest BCUT2D eigenvalue weighted by atomic mass is 16.5. The summed E-state index contributed by atoms with van der Waals surface area (Å²) < 4.78 is 5.27. The summed E-state index contributed by atoms with van der Waals surface area (Å²) in [6.07, 6.45) is 3.21. The first-order valence-electron chi connectivity index (χ1n) is 5.74. The van der Waals surface area contributed by atoms with Crippen molar-refractivity contribution in [2.75, 3.05) is 20.3 Å². The molecule has 4 heteroatoms. The number of hydrogen-bond donors (Lipinski definition) is 1. The van der Waals surface area contributed by atoms with Gasteiger partial charge in [-0.05, 0) is 19.3 Å². The fraction of sp³-hybridized carbons (Fsp3) is 0.909. The third-order valence-electron chi connectivity index (χ3n) is 3.09. The first-order valence-corrected chi connectivity index (χ1v) is 5.74. The highest BCUT2D eigenvalue weighted by molar-refractivity contribution is 5.76. The van der Waals surface area contributed by atoms with Crippen molar-refractivity contribution in [2.24, 2.45) is 5.73 Å². The molecule has 0 aromatic carbocycles. The lowest BCUT2D eigenvalue weighted by atomic mass is 10.1. The Labute approximate surface area is 91.8 Å². The molecule has 1 saturated heterocycles. The molecule has 4 nitrogen and oxygen atoms in total. The minimum atomic E-state index is -0.000194. The normalized spacial score (nSPS) is 19.9. The lowest BCUT2D eigenvalue weighted by Gasteiger charge is -2.31. The molecule has 0 aliphatic carbocycles. The summed E-state index contributed by atoms with van der Waals surface area (Å²) in [6.45, 7) is 3.54. The fourth-order valence-electron chi connectivity index (χ4n) is 1.79. The van der Waals surface area contributed by atoms with Gasteiger partial charge in [0, 0.05) is 38.8 Å². The molecule has 1 atom stereocenters. The number of amides is 1. The quantitative estimate of drug-likeness (QED) is 0.751. The predicted octanol–water partition coefficient (Wildman–Crippen LogP) is 0.751. The van der Waals surface area contributed by atoms with Crippen LogP contribution in [0.15, 0.2) is 0 Å². The monoisotopic (exact) mass is 214 g/mol. The minimum Gasteiger partial charge on any atom is -0.381 e. The van der Waals surface area contributed by atoms with Gasteiger partial charge in [0.25, 0.3) is 0 Å². The molecule has 15 heavy (non-hydrogen) atoms. The van der Waals surface area contributed by atoms with Gasteiger partial charge in [0.2, 0.25) is 5.91 Å². The number of carbonyl (C=O) groups excluding carboxylic acids is 1. The van der Waals surface area contributed by atoms with E-state index in [1.807, 2.05) is 18.9 Å². The fourth-order valence-corrected chi connectivity index (χ4v) is 1.79. The highest BCUT2D eigenvalue weighted by Gasteiger charge is 2.22. The van der Waals surface area contributed by atoms with E-state index < -0.39 is 0 Å². The van der Waals surface area contributed by atoms with E-state index in [2.05, 4.69) is 0 Å². The molecule has 1 aliphatic heterocycles. The maximum Gasteiger partial charge on any atom is 0.224 e. The molecule has 2 N–H and O–H groups in total. The second kappa shape index (κ2) is 6.08. The average molecular weight is 214 g/mol. The Morgan fingerprint density at radius 1 is 1.53 bits per heavy atom. The van der Waals surface area contributed by atoms with Crippen molar-refractivity contribution in [3.05, 3.63) is 0 Å². The Morgan fingerprint density at radius 3 is 2.67 bits per heavy atom. The van der Waals surface area contributed by atoms with Crippen molar-refractivity contribution in [3.63, 3.8) is 0 Å². The summed E-state index contributed by atoms with van der Waals surface area (Å²) in [7, 11) is 1.88. The van der Waals surface area contributed by atoms with Gasteiger partial charge in [-0.25, -0.2) is 0 Å². The van der Waals surface area contributed by atoms with Crippen LogP contribution in [0.5, 0.6) is 0 Å². The predicted molar refractivity (Wildman–Crippen MR) is 59.5 cm³/mol. The molecule has 0 spiro atoms. The number of rotatable bonds is 4. The van der Waals surface area contributed by atoms with Gasteiger partial charge in [-0.15, -0.1) is 0 Å². The lowest BCUT2D eigenvalue weighted by Crippen LogP contribution is -2.42. The van der Waals surface area contributed by atoms with E-state index in [0.29, 0.717) is 12.5 Å². The third kappa shape index (κ3) is 3.80. The van der Waals surface area contributed by atoms with E-state index in [1.54, 1.807) is 0 Å². The van der Waals surface area contributed by atoms with Crippen molar-refractivity contribution in [1.29, 1.82) is 0 Å². The molecule has 1 heterocycles. The molecule has 0 aromatic heterocycles. The van der Waals surface area contributed by atoms with E-state index in [-0.39, 0.29) is 11.9 Å². The molecule has 1 amide bonds. The standard InChI is InChI=1S/C11H22N2O2/c1-3-9(12)8-11(14)13(2)10-4-6-15-7-5-10/h9-10H,3-8,12H2,1-2H3. The largest absolute Gasteiger partial charge is 0.381 e. The maximum atomic E-state index is 11.8. The Balaban J connectivity index is 2.37. The van der Waals surface area contributed by atoms with Crippen LogP contribution < -0.4 is 5.73 Å². The number of hydrogen-bond acceptors (Lipinski definition) is 3. The van der Waals surface area contributed by atoms with Crippen LogP contribution in [0.1, 0.15) is 32.6 Å². The number of ether oxygens (including phenoxy) is 1. The van der Waals surface area contributed by atoms with Crippen molar-refractivity contribution in [2.45, 2.75) is 44.7 Å². The van der Waals surface area contributed by atoms with Gasteiger partial charge in [-0.3, -0.25) is 4.79 Å². The molecule has 88 valence electrons. The SMILES string of the molecule is CCC(N)CC(=O)N(C)C1CCOCC1. The third-order valence-corrected chi connectivity index (χ3v) is 3.09. The van der Waals surface area contributed by atoms with Crippen LogP contribution in [-0.4, -0.2) is 43.2 Å². The summed E-state index contributed by atoms with van der Waals surface area (Å²) in [5.41, 5.74) is 5.77. The van der Waals surface area contributed by atoms with E-state index >= 15 is 0 Å².